The summed E-state index contributed by atoms with van der Waals surface area (Å²) in [4.78, 5) is 9.30. The first-order chi connectivity index (χ1) is 10.3. The Morgan fingerprint density at radius 3 is 2.52 bits per heavy atom. The van der Waals surface area contributed by atoms with E-state index in [4.69, 9.17) is 0 Å². The minimum absolute atomic E-state index is 0.745. The molecule has 2 rings (SSSR count). The molecule has 1 aliphatic rings. The summed E-state index contributed by atoms with van der Waals surface area (Å²) in [7, 11) is 1.89. The zero-order valence-electron chi connectivity index (χ0n) is 13.5. The van der Waals surface area contributed by atoms with Gasteiger partial charge in [-0.25, -0.2) is 0 Å². The Bertz CT molecular complexity index is 417. The molecule has 4 nitrogen and oxygen atoms in total. The fraction of sp³-hybridized carbons (Fsp3) is 0.688. The van der Waals surface area contributed by atoms with Gasteiger partial charge in [0.05, 0.1) is 5.00 Å². The summed E-state index contributed by atoms with van der Waals surface area (Å²) in [6.45, 7) is 9.79. The Kier molecular flexibility index (Phi) is 6.36. The van der Waals surface area contributed by atoms with E-state index in [9.17, 15) is 0 Å². The van der Waals surface area contributed by atoms with Crippen molar-refractivity contribution in [2.45, 2.75) is 26.7 Å². The van der Waals surface area contributed by atoms with Crippen molar-refractivity contribution in [1.29, 1.82) is 0 Å². The van der Waals surface area contributed by atoms with Crippen molar-refractivity contribution in [1.82, 2.24) is 10.2 Å². The van der Waals surface area contributed by atoms with Crippen molar-refractivity contribution >= 4 is 22.3 Å². The van der Waals surface area contributed by atoms with Crippen molar-refractivity contribution < 1.29 is 0 Å². The van der Waals surface area contributed by atoms with Crippen molar-refractivity contribution in [2.75, 3.05) is 44.7 Å². The van der Waals surface area contributed by atoms with E-state index in [0.717, 1.165) is 44.6 Å². The largest absolute Gasteiger partial charge is 0.360 e. The average molecular weight is 308 g/mol. The normalized spacial score (nSPS) is 16.7. The number of piperazine rings is 1. The van der Waals surface area contributed by atoms with Gasteiger partial charge in [0.2, 0.25) is 0 Å². The molecule has 0 aliphatic carbocycles. The summed E-state index contributed by atoms with van der Waals surface area (Å²) >= 11 is 1.83. The number of thiophene rings is 1. The van der Waals surface area contributed by atoms with Gasteiger partial charge in [-0.15, -0.1) is 11.3 Å². The van der Waals surface area contributed by atoms with Gasteiger partial charge >= 0.3 is 0 Å². The van der Waals surface area contributed by atoms with Gasteiger partial charge in [-0.3, -0.25) is 4.99 Å². The third kappa shape index (κ3) is 4.37. The third-order valence-electron chi connectivity index (χ3n) is 4.31. The Labute approximate surface area is 132 Å². The maximum absolute atomic E-state index is 4.46. The lowest BCUT2D eigenvalue weighted by Gasteiger charge is -2.37. The molecule has 1 saturated heterocycles. The van der Waals surface area contributed by atoms with E-state index < -0.39 is 0 Å². The van der Waals surface area contributed by atoms with Gasteiger partial charge in [0.1, 0.15) is 0 Å². The number of guanidine groups is 1. The van der Waals surface area contributed by atoms with E-state index in [1.807, 2.05) is 18.4 Å². The van der Waals surface area contributed by atoms with E-state index >= 15 is 0 Å². The van der Waals surface area contributed by atoms with Crippen LogP contribution in [0, 0.1) is 5.92 Å². The van der Waals surface area contributed by atoms with Crippen LogP contribution in [0.3, 0.4) is 0 Å². The summed E-state index contributed by atoms with van der Waals surface area (Å²) < 4.78 is 0. The van der Waals surface area contributed by atoms with Gasteiger partial charge < -0.3 is 15.1 Å². The lowest BCUT2D eigenvalue weighted by molar-refractivity contribution is 0.366. The Hall–Kier alpha value is -1.23. The van der Waals surface area contributed by atoms with Gasteiger partial charge in [0.15, 0.2) is 5.96 Å². The maximum Gasteiger partial charge on any atom is 0.193 e. The second-order valence-corrected chi connectivity index (χ2v) is 6.46. The zero-order chi connectivity index (χ0) is 15.1. The lowest BCUT2D eigenvalue weighted by Crippen LogP contribution is -2.53. The standard InChI is InChI=1S/C16H28N4S/c1-4-14(5-2)13-18-16(17-3)20-10-8-19(9-11-20)15-7-6-12-21-15/h6-7,12,14H,4-5,8-11,13H2,1-3H3,(H,17,18). The molecule has 0 saturated carbocycles. The molecule has 1 aliphatic heterocycles. The zero-order valence-corrected chi connectivity index (χ0v) is 14.3. The first-order valence-corrected chi connectivity index (χ1v) is 8.90. The van der Waals surface area contributed by atoms with E-state index in [0.29, 0.717) is 0 Å². The fourth-order valence-corrected chi connectivity index (χ4v) is 3.52. The molecule has 0 aromatic carbocycles. The van der Waals surface area contributed by atoms with E-state index in [1.165, 1.54) is 17.8 Å². The highest BCUT2D eigenvalue weighted by molar-refractivity contribution is 7.14. The van der Waals surface area contributed by atoms with Crippen LogP contribution in [-0.2, 0) is 0 Å². The van der Waals surface area contributed by atoms with Crippen LogP contribution in [0.4, 0.5) is 5.00 Å². The molecule has 0 spiro atoms. The minimum Gasteiger partial charge on any atom is -0.360 e. The second kappa shape index (κ2) is 8.27. The highest BCUT2D eigenvalue weighted by Crippen LogP contribution is 2.22. The smallest absolute Gasteiger partial charge is 0.193 e. The van der Waals surface area contributed by atoms with Crippen LogP contribution in [0.1, 0.15) is 26.7 Å². The second-order valence-electron chi connectivity index (χ2n) is 5.54. The van der Waals surface area contributed by atoms with Crippen LogP contribution in [0.2, 0.25) is 0 Å². The molecule has 2 heterocycles. The molecular weight excluding hydrogens is 280 g/mol. The molecule has 1 aromatic heterocycles. The topological polar surface area (TPSA) is 30.9 Å². The molecule has 1 N–H and O–H groups in total. The number of nitrogens with zero attached hydrogens (tertiary/aromatic N) is 3. The molecule has 21 heavy (non-hydrogen) atoms. The molecule has 0 radical (unpaired) electrons. The van der Waals surface area contributed by atoms with Crippen molar-refractivity contribution in [2.24, 2.45) is 10.9 Å². The summed E-state index contributed by atoms with van der Waals surface area (Å²) in [6.07, 6.45) is 2.46. The van der Waals surface area contributed by atoms with Gasteiger partial charge in [0, 0.05) is 39.8 Å². The Morgan fingerprint density at radius 1 is 1.29 bits per heavy atom. The molecule has 5 heteroatoms. The third-order valence-corrected chi connectivity index (χ3v) is 5.24. The number of rotatable bonds is 5. The first kappa shape index (κ1) is 16.1. The van der Waals surface area contributed by atoms with Gasteiger partial charge in [0.25, 0.3) is 0 Å². The molecule has 1 fully saturated rings. The van der Waals surface area contributed by atoms with Crippen LogP contribution in [0.5, 0.6) is 0 Å². The predicted octanol–water partition coefficient (Wildman–Crippen LogP) is 2.88. The molecular formula is C16H28N4S. The number of nitrogens with one attached hydrogen (secondary N) is 1. The quantitative estimate of drug-likeness (QED) is 0.670. The number of aliphatic imine (C=N–C) groups is 1. The molecule has 118 valence electrons. The van der Waals surface area contributed by atoms with Crippen LogP contribution in [0.15, 0.2) is 22.5 Å². The summed E-state index contributed by atoms with van der Waals surface area (Å²) in [5.41, 5.74) is 0. The highest BCUT2D eigenvalue weighted by atomic mass is 32.1. The Balaban J connectivity index is 1.82. The monoisotopic (exact) mass is 308 g/mol. The van der Waals surface area contributed by atoms with Crippen LogP contribution in [0.25, 0.3) is 0 Å². The van der Waals surface area contributed by atoms with Crippen LogP contribution in [-0.4, -0.2) is 50.6 Å². The maximum atomic E-state index is 4.46. The highest BCUT2D eigenvalue weighted by Gasteiger charge is 2.20. The summed E-state index contributed by atoms with van der Waals surface area (Å²) in [6, 6.07) is 4.34. The van der Waals surface area contributed by atoms with Gasteiger partial charge in [-0.05, 0) is 23.4 Å². The van der Waals surface area contributed by atoms with Crippen molar-refractivity contribution in [3.05, 3.63) is 17.5 Å². The first-order valence-electron chi connectivity index (χ1n) is 8.02. The van der Waals surface area contributed by atoms with Crippen LogP contribution >= 0.6 is 11.3 Å². The number of anilines is 1. The number of hydrogen-bond donors (Lipinski definition) is 1. The molecule has 0 unspecified atom stereocenters. The lowest BCUT2D eigenvalue weighted by atomic mass is 10.0. The molecule has 0 atom stereocenters. The predicted molar refractivity (Wildman–Crippen MR) is 93.5 cm³/mol. The SMILES string of the molecule is CCC(CC)CNC(=NC)N1CCN(c2cccs2)CC1. The number of hydrogen-bond acceptors (Lipinski definition) is 3. The summed E-state index contributed by atoms with van der Waals surface area (Å²) in [5, 5.41) is 7.09. The Morgan fingerprint density at radius 2 is 2.00 bits per heavy atom. The molecule has 1 aromatic rings. The molecule has 0 amide bonds. The van der Waals surface area contributed by atoms with Crippen molar-refractivity contribution in [3.8, 4) is 0 Å². The van der Waals surface area contributed by atoms with Crippen molar-refractivity contribution in [3.63, 3.8) is 0 Å². The average Bonchev–Trinajstić information content (AvgIpc) is 3.07. The van der Waals surface area contributed by atoms with Gasteiger partial charge in [-0.1, -0.05) is 26.7 Å². The van der Waals surface area contributed by atoms with E-state index in [1.54, 1.807) is 0 Å². The van der Waals surface area contributed by atoms with Crippen LogP contribution < -0.4 is 10.2 Å². The van der Waals surface area contributed by atoms with Gasteiger partial charge in [-0.2, -0.15) is 0 Å². The molecule has 0 bridgehead atoms. The minimum atomic E-state index is 0.745. The summed E-state index contributed by atoms with van der Waals surface area (Å²) in [5.74, 6) is 1.81. The van der Waals surface area contributed by atoms with E-state index in [2.05, 4.69) is 51.5 Å². The van der Waals surface area contributed by atoms with E-state index in [-0.39, 0.29) is 0 Å². The fourth-order valence-electron chi connectivity index (χ4n) is 2.73.